The van der Waals surface area contributed by atoms with Crippen molar-refractivity contribution in [2.45, 2.75) is 13.0 Å². The summed E-state index contributed by atoms with van der Waals surface area (Å²) in [7, 11) is 3.98. The number of nitrogens with zero attached hydrogens (tertiary/aromatic N) is 7. The smallest absolute Gasteiger partial charge is 0.248 e. The second-order valence-electron chi connectivity index (χ2n) is 9.35. The van der Waals surface area contributed by atoms with Gasteiger partial charge in [-0.3, -0.25) is 4.79 Å². The van der Waals surface area contributed by atoms with E-state index in [1.165, 1.54) is 0 Å². The number of fused-ring (bicyclic) bond motifs is 1. The molecule has 0 spiro atoms. The van der Waals surface area contributed by atoms with E-state index in [4.69, 9.17) is 20.4 Å². The van der Waals surface area contributed by atoms with Crippen molar-refractivity contribution in [3.05, 3.63) is 59.2 Å². The van der Waals surface area contributed by atoms with Crippen LogP contribution in [0.15, 0.2) is 42.5 Å². The molecule has 11 heteroatoms. The third-order valence-corrected chi connectivity index (χ3v) is 6.36. The van der Waals surface area contributed by atoms with Crippen molar-refractivity contribution in [3.8, 4) is 17.1 Å². The van der Waals surface area contributed by atoms with Crippen LogP contribution in [0.5, 0.6) is 5.75 Å². The predicted molar refractivity (Wildman–Crippen MR) is 140 cm³/mol. The third-order valence-electron chi connectivity index (χ3n) is 6.36. The molecule has 1 saturated heterocycles. The number of primary amides is 1. The van der Waals surface area contributed by atoms with Gasteiger partial charge in [0.1, 0.15) is 5.75 Å². The van der Waals surface area contributed by atoms with Crippen molar-refractivity contribution in [2.75, 3.05) is 51.8 Å². The molecular formula is C26H30N8O3. The number of anilines is 1. The molecule has 2 aromatic heterocycles. The van der Waals surface area contributed by atoms with Crippen LogP contribution in [0.4, 0.5) is 5.82 Å². The Kier molecular flexibility index (Phi) is 6.97. The summed E-state index contributed by atoms with van der Waals surface area (Å²) in [6.07, 6.45) is 0.697. The number of likely N-dealkylation sites (N-methyl/N-ethyl adjacent to an activating group) is 1. The van der Waals surface area contributed by atoms with Crippen LogP contribution >= 0.6 is 0 Å². The standard InChI is InChI=1S/C26H30N8O3/c1-32(2)9-8-18-14-17(6-7-21(18)23(27)36)16-34-26-22(30-31-34)25(33-10-12-37-13-11-33)28-24(29-26)19-4-3-5-20(35)15-19/h3-7,14-15,35H,8-13,16H2,1-2H3,(H2,27,36). The van der Waals surface area contributed by atoms with E-state index in [0.717, 1.165) is 17.7 Å². The molecule has 5 rings (SSSR count). The summed E-state index contributed by atoms with van der Waals surface area (Å²) in [4.78, 5) is 25.8. The Morgan fingerprint density at radius 2 is 1.95 bits per heavy atom. The van der Waals surface area contributed by atoms with E-state index >= 15 is 0 Å². The van der Waals surface area contributed by atoms with Gasteiger partial charge in [-0.2, -0.15) is 0 Å². The zero-order chi connectivity index (χ0) is 25.9. The third kappa shape index (κ3) is 5.37. The molecule has 1 amide bonds. The minimum Gasteiger partial charge on any atom is -0.508 e. The topological polar surface area (TPSA) is 136 Å². The average Bonchev–Trinajstić information content (AvgIpc) is 3.30. The first-order valence-electron chi connectivity index (χ1n) is 12.2. The molecule has 1 aliphatic heterocycles. The highest BCUT2D eigenvalue weighted by atomic mass is 16.5. The van der Waals surface area contributed by atoms with Crippen LogP contribution in [0.1, 0.15) is 21.5 Å². The zero-order valence-corrected chi connectivity index (χ0v) is 21.0. The molecule has 2 aromatic carbocycles. The second-order valence-corrected chi connectivity index (χ2v) is 9.35. The Morgan fingerprint density at radius 3 is 2.68 bits per heavy atom. The summed E-state index contributed by atoms with van der Waals surface area (Å²) in [5, 5.41) is 18.9. The summed E-state index contributed by atoms with van der Waals surface area (Å²) in [6, 6.07) is 12.5. The van der Waals surface area contributed by atoms with Crippen LogP contribution in [-0.2, 0) is 17.7 Å². The Labute approximate surface area is 214 Å². The Morgan fingerprint density at radius 1 is 1.14 bits per heavy atom. The van der Waals surface area contributed by atoms with Gasteiger partial charge in [0.05, 0.1) is 19.8 Å². The summed E-state index contributed by atoms with van der Waals surface area (Å²) in [6.45, 7) is 3.76. The summed E-state index contributed by atoms with van der Waals surface area (Å²) in [5.41, 5.74) is 9.88. The summed E-state index contributed by atoms with van der Waals surface area (Å²) < 4.78 is 7.26. The van der Waals surface area contributed by atoms with Gasteiger partial charge in [0, 0.05) is 30.8 Å². The van der Waals surface area contributed by atoms with Crippen molar-refractivity contribution in [1.29, 1.82) is 0 Å². The van der Waals surface area contributed by atoms with E-state index in [1.807, 2.05) is 32.3 Å². The number of benzene rings is 2. The molecule has 192 valence electrons. The number of carbonyl (C=O) groups excluding carboxylic acids is 1. The molecule has 0 saturated carbocycles. The molecule has 1 fully saturated rings. The number of phenolic OH excluding ortho intramolecular Hbond substituents is 1. The fourth-order valence-corrected chi connectivity index (χ4v) is 4.43. The van der Waals surface area contributed by atoms with Gasteiger partial charge in [0.15, 0.2) is 22.8 Å². The Bertz CT molecular complexity index is 1430. The fraction of sp³-hybridized carbons (Fsp3) is 0.346. The van der Waals surface area contributed by atoms with Gasteiger partial charge in [-0.15, -0.1) is 5.10 Å². The molecule has 0 unspecified atom stereocenters. The van der Waals surface area contributed by atoms with Crippen molar-refractivity contribution < 1.29 is 14.6 Å². The van der Waals surface area contributed by atoms with E-state index in [9.17, 15) is 9.90 Å². The van der Waals surface area contributed by atoms with E-state index in [0.29, 0.717) is 73.2 Å². The van der Waals surface area contributed by atoms with E-state index in [2.05, 4.69) is 20.1 Å². The predicted octanol–water partition coefficient (Wildman–Crippen LogP) is 1.68. The monoisotopic (exact) mass is 502 g/mol. The molecule has 37 heavy (non-hydrogen) atoms. The number of hydrogen-bond donors (Lipinski definition) is 2. The van der Waals surface area contributed by atoms with E-state index < -0.39 is 5.91 Å². The first kappa shape index (κ1) is 24.6. The second kappa shape index (κ2) is 10.5. The number of amides is 1. The number of aromatic nitrogens is 5. The van der Waals surface area contributed by atoms with Crippen LogP contribution in [-0.4, -0.2) is 87.8 Å². The molecule has 0 atom stereocenters. The number of phenols is 1. The lowest BCUT2D eigenvalue weighted by Crippen LogP contribution is -2.37. The quantitative estimate of drug-likeness (QED) is 0.369. The molecular weight excluding hydrogens is 472 g/mol. The number of aromatic hydroxyl groups is 1. The lowest BCUT2D eigenvalue weighted by Gasteiger charge is -2.28. The number of carbonyl (C=O) groups is 1. The molecule has 4 aromatic rings. The minimum absolute atomic E-state index is 0.139. The SMILES string of the molecule is CN(C)CCc1cc(Cn2nnc3c(N4CCOCC4)nc(-c4cccc(O)c4)nc32)ccc1C(N)=O. The van der Waals surface area contributed by atoms with Crippen LogP contribution in [0.3, 0.4) is 0 Å². The number of morpholine rings is 1. The number of nitrogens with two attached hydrogens (primary N) is 1. The van der Waals surface area contributed by atoms with Crippen LogP contribution in [0.25, 0.3) is 22.6 Å². The van der Waals surface area contributed by atoms with E-state index in [-0.39, 0.29) is 5.75 Å². The first-order chi connectivity index (χ1) is 17.9. The molecule has 11 nitrogen and oxygen atoms in total. The van der Waals surface area contributed by atoms with Gasteiger partial charge >= 0.3 is 0 Å². The van der Waals surface area contributed by atoms with Crippen molar-refractivity contribution >= 4 is 22.9 Å². The van der Waals surface area contributed by atoms with Gasteiger partial charge in [0.2, 0.25) is 5.91 Å². The van der Waals surface area contributed by atoms with Crippen LogP contribution < -0.4 is 10.6 Å². The van der Waals surface area contributed by atoms with Crippen molar-refractivity contribution in [3.63, 3.8) is 0 Å². The average molecular weight is 503 g/mol. The lowest BCUT2D eigenvalue weighted by molar-refractivity contribution is 0.0999. The molecule has 0 bridgehead atoms. The van der Waals surface area contributed by atoms with Gasteiger partial charge in [0.25, 0.3) is 0 Å². The minimum atomic E-state index is -0.440. The maximum atomic E-state index is 12.0. The maximum Gasteiger partial charge on any atom is 0.248 e. The van der Waals surface area contributed by atoms with Gasteiger partial charge in [-0.25, -0.2) is 14.6 Å². The highest BCUT2D eigenvalue weighted by molar-refractivity contribution is 5.94. The molecule has 3 N–H and O–H groups in total. The summed E-state index contributed by atoms with van der Waals surface area (Å²) in [5.74, 6) is 0.864. The van der Waals surface area contributed by atoms with Crippen LogP contribution in [0, 0.1) is 0 Å². The maximum absolute atomic E-state index is 12.0. The Hall–Kier alpha value is -4.09. The van der Waals surface area contributed by atoms with Crippen molar-refractivity contribution in [2.24, 2.45) is 5.73 Å². The zero-order valence-electron chi connectivity index (χ0n) is 21.0. The fourth-order valence-electron chi connectivity index (χ4n) is 4.43. The van der Waals surface area contributed by atoms with Gasteiger partial charge < -0.3 is 25.4 Å². The largest absolute Gasteiger partial charge is 0.508 e. The van der Waals surface area contributed by atoms with Crippen LogP contribution in [0.2, 0.25) is 0 Å². The van der Waals surface area contributed by atoms with Gasteiger partial charge in [-0.1, -0.05) is 29.5 Å². The number of hydrogen-bond acceptors (Lipinski definition) is 9. The highest BCUT2D eigenvalue weighted by Gasteiger charge is 2.22. The molecule has 3 heterocycles. The molecule has 1 aliphatic rings. The van der Waals surface area contributed by atoms with Gasteiger partial charge in [-0.05, 0) is 49.8 Å². The van der Waals surface area contributed by atoms with Crippen molar-refractivity contribution in [1.82, 2.24) is 29.9 Å². The summed E-state index contributed by atoms with van der Waals surface area (Å²) >= 11 is 0. The number of rotatable bonds is 8. The lowest BCUT2D eigenvalue weighted by atomic mass is 10.0. The number of ether oxygens (including phenoxy) is 1. The molecule has 0 aliphatic carbocycles. The first-order valence-corrected chi connectivity index (χ1v) is 12.2. The van der Waals surface area contributed by atoms with E-state index in [1.54, 1.807) is 28.9 Å². The normalized spacial score (nSPS) is 14.0. The molecule has 0 radical (unpaired) electrons. The Balaban J connectivity index is 1.56. The highest BCUT2D eigenvalue weighted by Crippen LogP contribution is 2.28.